The van der Waals surface area contributed by atoms with E-state index < -0.39 is 0 Å². The number of hydrogen-bond donors (Lipinski definition) is 0. The van der Waals surface area contributed by atoms with E-state index in [0.29, 0.717) is 0 Å². The maximum absolute atomic E-state index is 4.12. The number of hydrogen-bond acceptors (Lipinski definition) is 2. The molecule has 0 N–H and O–H groups in total. The molecule has 2 heteroatoms. The summed E-state index contributed by atoms with van der Waals surface area (Å²) >= 11 is 0. The largest absolute Gasteiger partial charge is 0.265 e. The molecule has 7 rings (SSSR count). The van der Waals surface area contributed by atoms with Crippen molar-refractivity contribution in [2.24, 2.45) is 0 Å². The molecule has 0 spiro atoms. The second-order valence-electron chi connectivity index (χ2n) is 11.2. The lowest BCUT2D eigenvalue weighted by Gasteiger charge is -2.11. The first-order chi connectivity index (χ1) is 21.8. The Hall–Kier alpha value is -5.60. The third-order valence-electron chi connectivity index (χ3n) is 8.14. The molecule has 0 radical (unpaired) electrons. The van der Waals surface area contributed by atoms with Crippen molar-refractivity contribution in [3.05, 3.63) is 193 Å². The fourth-order valence-electron chi connectivity index (χ4n) is 5.74. The average molecular weight is 565 g/mol. The zero-order valence-corrected chi connectivity index (χ0v) is 24.5. The van der Waals surface area contributed by atoms with Crippen molar-refractivity contribution in [2.75, 3.05) is 0 Å². The summed E-state index contributed by atoms with van der Waals surface area (Å²) in [6, 6.07) is 52.6. The molecule has 0 amide bonds. The van der Waals surface area contributed by atoms with Crippen molar-refractivity contribution < 1.29 is 0 Å². The van der Waals surface area contributed by atoms with Crippen molar-refractivity contribution >= 4 is 0 Å². The fourth-order valence-corrected chi connectivity index (χ4v) is 5.74. The first-order valence-corrected chi connectivity index (χ1v) is 15.0. The molecule has 0 aliphatic heterocycles. The van der Waals surface area contributed by atoms with E-state index in [1.54, 1.807) is 0 Å². The Bertz CT molecular complexity index is 1830. The van der Waals surface area contributed by atoms with Crippen LogP contribution in [0.4, 0.5) is 0 Å². The van der Waals surface area contributed by atoms with Crippen LogP contribution in [0.25, 0.3) is 44.5 Å². The van der Waals surface area contributed by atoms with Crippen molar-refractivity contribution in [1.29, 1.82) is 0 Å². The molecule has 210 valence electrons. The summed E-state index contributed by atoms with van der Waals surface area (Å²) in [6.07, 6.45) is 9.23. The fraction of sp³-hybridized carbons (Fsp3) is 0.0476. The van der Waals surface area contributed by atoms with E-state index in [1.807, 2.05) is 24.8 Å². The molecule has 7 aromatic rings. The van der Waals surface area contributed by atoms with Crippen molar-refractivity contribution in [3.8, 4) is 44.5 Å². The van der Waals surface area contributed by atoms with Gasteiger partial charge in [0.2, 0.25) is 0 Å². The van der Waals surface area contributed by atoms with Crippen LogP contribution in [-0.2, 0) is 12.8 Å². The molecular formula is C42H32N2. The Labute approximate surface area is 259 Å². The summed E-state index contributed by atoms with van der Waals surface area (Å²) in [6.45, 7) is 0. The molecule has 2 aromatic heterocycles. The van der Waals surface area contributed by atoms with Gasteiger partial charge in [0.1, 0.15) is 0 Å². The molecule has 0 atom stereocenters. The lowest BCUT2D eigenvalue weighted by molar-refractivity contribution is 1.16. The Morgan fingerprint density at radius 2 is 0.545 bits per heavy atom. The quantitative estimate of drug-likeness (QED) is 0.183. The molecule has 2 heterocycles. The van der Waals surface area contributed by atoms with E-state index >= 15 is 0 Å². The average Bonchev–Trinajstić information content (AvgIpc) is 3.10. The van der Waals surface area contributed by atoms with E-state index in [9.17, 15) is 0 Å². The number of benzene rings is 5. The van der Waals surface area contributed by atoms with Crippen LogP contribution in [0, 0.1) is 0 Å². The molecule has 0 bridgehead atoms. The van der Waals surface area contributed by atoms with Gasteiger partial charge in [-0.2, -0.15) is 0 Å². The minimum atomic E-state index is 0.911. The molecule has 0 aliphatic carbocycles. The predicted octanol–water partition coefficient (Wildman–Crippen LogP) is 10.3. The summed E-state index contributed by atoms with van der Waals surface area (Å²) in [7, 11) is 0. The molecule has 0 unspecified atom stereocenters. The number of rotatable bonds is 8. The smallest absolute Gasteiger partial charge is 0.0270 e. The van der Waals surface area contributed by atoms with Crippen LogP contribution in [-0.4, -0.2) is 9.97 Å². The molecule has 44 heavy (non-hydrogen) atoms. The second kappa shape index (κ2) is 12.7. The maximum atomic E-state index is 4.12. The van der Waals surface area contributed by atoms with Crippen LogP contribution in [0.5, 0.6) is 0 Å². The lowest BCUT2D eigenvalue weighted by Crippen LogP contribution is -1.89. The Morgan fingerprint density at radius 3 is 0.864 bits per heavy atom. The maximum Gasteiger partial charge on any atom is 0.0270 e. The highest BCUT2D eigenvalue weighted by atomic mass is 14.6. The highest BCUT2D eigenvalue weighted by Crippen LogP contribution is 2.32. The number of aromatic nitrogens is 2. The minimum Gasteiger partial charge on any atom is -0.265 e. The zero-order valence-electron chi connectivity index (χ0n) is 24.5. The molecule has 0 saturated carbocycles. The molecular weight excluding hydrogens is 532 g/mol. The highest BCUT2D eigenvalue weighted by molar-refractivity contribution is 5.79. The van der Waals surface area contributed by atoms with Crippen LogP contribution >= 0.6 is 0 Å². The molecule has 0 aliphatic rings. The van der Waals surface area contributed by atoms with Crippen LogP contribution < -0.4 is 0 Å². The summed E-state index contributed by atoms with van der Waals surface area (Å²) in [4.78, 5) is 8.25. The summed E-state index contributed by atoms with van der Waals surface area (Å²) in [5.41, 5.74) is 14.9. The van der Waals surface area contributed by atoms with Gasteiger partial charge in [0.25, 0.3) is 0 Å². The Morgan fingerprint density at radius 1 is 0.273 bits per heavy atom. The van der Waals surface area contributed by atoms with Gasteiger partial charge in [-0.05, 0) is 122 Å². The SMILES string of the molecule is c1cc(-c2ccc(Cc3ccncc3)cc2)cc(-c2cccc(-c3cccc(-c4ccc(Cc5ccncc5)cc4)c3)c2)c1. The number of nitrogens with zero attached hydrogens (tertiary/aromatic N) is 2. The normalized spacial score (nSPS) is 10.9. The first-order valence-electron chi connectivity index (χ1n) is 15.0. The Kier molecular flexibility index (Phi) is 7.88. The van der Waals surface area contributed by atoms with E-state index in [2.05, 4.69) is 156 Å². The van der Waals surface area contributed by atoms with Crippen LogP contribution in [0.15, 0.2) is 170 Å². The van der Waals surface area contributed by atoms with E-state index in [0.717, 1.165) is 12.8 Å². The summed E-state index contributed by atoms with van der Waals surface area (Å²) in [5, 5.41) is 0. The van der Waals surface area contributed by atoms with E-state index in [4.69, 9.17) is 0 Å². The molecule has 0 saturated heterocycles. The van der Waals surface area contributed by atoms with E-state index in [-0.39, 0.29) is 0 Å². The lowest BCUT2D eigenvalue weighted by atomic mass is 9.94. The Balaban J connectivity index is 1.10. The minimum absolute atomic E-state index is 0.911. The number of pyridine rings is 2. The predicted molar refractivity (Wildman–Crippen MR) is 182 cm³/mol. The zero-order chi connectivity index (χ0) is 29.6. The summed E-state index contributed by atoms with van der Waals surface area (Å²) in [5.74, 6) is 0. The topological polar surface area (TPSA) is 25.8 Å². The third kappa shape index (κ3) is 6.40. The van der Waals surface area contributed by atoms with Crippen molar-refractivity contribution in [3.63, 3.8) is 0 Å². The van der Waals surface area contributed by atoms with Crippen LogP contribution in [0.2, 0.25) is 0 Å². The monoisotopic (exact) mass is 564 g/mol. The molecule has 2 nitrogen and oxygen atoms in total. The van der Waals surface area contributed by atoms with Crippen molar-refractivity contribution in [1.82, 2.24) is 9.97 Å². The van der Waals surface area contributed by atoms with Crippen molar-refractivity contribution in [2.45, 2.75) is 12.8 Å². The third-order valence-corrected chi connectivity index (χ3v) is 8.14. The molecule has 0 fully saturated rings. The van der Waals surface area contributed by atoms with Gasteiger partial charge in [0.15, 0.2) is 0 Å². The van der Waals surface area contributed by atoms with Gasteiger partial charge in [0, 0.05) is 24.8 Å². The van der Waals surface area contributed by atoms with Crippen LogP contribution in [0.1, 0.15) is 22.3 Å². The standard InChI is InChI=1S/C42H32N2/c1-4-37(35-14-10-31(11-15-35)26-33-18-22-43-23-19-33)28-39(6-1)41-8-3-9-42(30-41)40-7-2-5-38(29-40)36-16-12-32(13-17-36)27-34-20-24-44-25-21-34/h1-25,28-30H,26-27H2. The summed E-state index contributed by atoms with van der Waals surface area (Å²) < 4.78 is 0. The molecule has 5 aromatic carbocycles. The van der Waals surface area contributed by atoms with E-state index in [1.165, 1.54) is 66.8 Å². The van der Waals surface area contributed by atoms with Gasteiger partial charge in [-0.3, -0.25) is 9.97 Å². The van der Waals surface area contributed by atoms with Gasteiger partial charge in [-0.15, -0.1) is 0 Å². The second-order valence-corrected chi connectivity index (χ2v) is 11.2. The van der Waals surface area contributed by atoms with Gasteiger partial charge >= 0.3 is 0 Å². The van der Waals surface area contributed by atoms with Gasteiger partial charge < -0.3 is 0 Å². The van der Waals surface area contributed by atoms with Gasteiger partial charge in [-0.1, -0.05) is 103 Å². The van der Waals surface area contributed by atoms with Crippen LogP contribution in [0.3, 0.4) is 0 Å². The van der Waals surface area contributed by atoms with Gasteiger partial charge in [-0.25, -0.2) is 0 Å². The first kappa shape index (κ1) is 27.2. The highest BCUT2D eigenvalue weighted by Gasteiger charge is 2.07. The van der Waals surface area contributed by atoms with Gasteiger partial charge in [0.05, 0.1) is 0 Å².